The summed E-state index contributed by atoms with van der Waals surface area (Å²) in [5, 5.41) is 2.66. The third-order valence-electron chi connectivity index (χ3n) is 5.92. The topological polar surface area (TPSA) is 29.5 Å². The molecular weight excluding hydrogens is 338 g/mol. The Hall–Kier alpha value is -0.780. The van der Waals surface area contributed by atoms with Crippen LogP contribution < -0.4 is 0 Å². The fraction of sp³-hybridized carbons (Fsp3) is 0.632. The van der Waals surface area contributed by atoms with Crippen molar-refractivity contribution in [3.8, 4) is 0 Å². The lowest BCUT2D eigenvalue weighted by atomic mass is 9.83. The molecule has 0 radical (unpaired) electrons. The van der Waals surface area contributed by atoms with Crippen LogP contribution in [0.2, 0.25) is 0 Å². The van der Waals surface area contributed by atoms with Gasteiger partial charge in [-0.3, -0.25) is 4.90 Å². The lowest BCUT2D eigenvalue weighted by Crippen LogP contribution is -2.56. The number of carbonyl (C=O) groups is 1. The Kier molecular flexibility index (Phi) is 4.52. The molecule has 1 aromatic heterocycles. The van der Waals surface area contributed by atoms with Crippen molar-refractivity contribution in [1.82, 2.24) is 4.90 Å². The minimum absolute atomic E-state index is 0.144. The van der Waals surface area contributed by atoms with Gasteiger partial charge in [0.15, 0.2) is 0 Å². The van der Waals surface area contributed by atoms with E-state index in [1.807, 2.05) is 23.1 Å². The first-order chi connectivity index (χ1) is 11.6. The summed E-state index contributed by atoms with van der Waals surface area (Å²) in [6.45, 7) is 5.64. The van der Waals surface area contributed by atoms with Crippen LogP contribution in [0.15, 0.2) is 29.2 Å². The van der Waals surface area contributed by atoms with E-state index in [1.54, 1.807) is 6.08 Å². The molecule has 0 saturated carbocycles. The molecule has 4 heterocycles. The predicted octanol–water partition coefficient (Wildman–Crippen LogP) is 4.24. The van der Waals surface area contributed by atoms with E-state index in [4.69, 9.17) is 4.74 Å². The lowest BCUT2D eigenvalue weighted by molar-refractivity contribution is -0.151. The van der Waals surface area contributed by atoms with E-state index in [0.29, 0.717) is 17.3 Å². The molecule has 130 valence electrons. The molecular formula is C19H25NO2S2. The Morgan fingerprint density at radius 3 is 3.12 bits per heavy atom. The van der Waals surface area contributed by atoms with Crippen molar-refractivity contribution in [3.63, 3.8) is 0 Å². The van der Waals surface area contributed by atoms with Crippen LogP contribution in [0.1, 0.15) is 44.4 Å². The fourth-order valence-electron chi connectivity index (χ4n) is 4.55. The van der Waals surface area contributed by atoms with Crippen LogP contribution >= 0.6 is 23.1 Å². The van der Waals surface area contributed by atoms with Crippen LogP contribution in [-0.2, 0) is 15.3 Å². The number of nitrogens with zero attached hydrogens (tertiary/aromatic N) is 1. The number of fused-ring (bicyclic) bond motifs is 3. The Balaban J connectivity index is 1.61. The van der Waals surface area contributed by atoms with Gasteiger partial charge in [0, 0.05) is 28.0 Å². The first-order valence-corrected chi connectivity index (χ1v) is 10.8. The smallest absolute Gasteiger partial charge is 0.331 e. The summed E-state index contributed by atoms with van der Waals surface area (Å²) in [5.74, 6) is 0.916. The highest BCUT2D eigenvalue weighted by molar-refractivity contribution is 7.99. The number of rotatable bonds is 3. The average molecular weight is 364 g/mol. The number of esters is 1. The maximum atomic E-state index is 12.0. The van der Waals surface area contributed by atoms with Gasteiger partial charge in [-0.05, 0) is 56.7 Å². The quantitative estimate of drug-likeness (QED) is 0.751. The van der Waals surface area contributed by atoms with Gasteiger partial charge >= 0.3 is 5.97 Å². The van der Waals surface area contributed by atoms with Crippen molar-refractivity contribution in [1.29, 1.82) is 0 Å². The number of piperidine rings is 1. The van der Waals surface area contributed by atoms with E-state index >= 15 is 0 Å². The van der Waals surface area contributed by atoms with Crippen LogP contribution in [-0.4, -0.2) is 40.3 Å². The highest BCUT2D eigenvalue weighted by Crippen LogP contribution is 2.46. The van der Waals surface area contributed by atoms with Crippen molar-refractivity contribution in [2.24, 2.45) is 0 Å². The van der Waals surface area contributed by atoms with Crippen LogP contribution in [0.3, 0.4) is 0 Å². The van der Waals surface area contributed by atoms with Gasteiger partial charge in [0.25, 0.3) is 0 Å². The largest absolute Gasteiger partial charge is 0.450 e. The summed E-state index contributed by atoms with van der Waals surface area (Å²) in [6.07, 6.45) is 6.37. The molecule has 0 bridgehead atoms. The molecule has 24 heavy (non-hydrogen) atoms. The van der Waals surface area contributed by atoms with Gasteiger partial charge in [0.1, 0.15) is 5.60 Å². The minimum Gasteiger partial charge on any atom is -0.450 e. The van der Waals surface area contributed by atoms with E-state index in [9.17, 15) is 4.79 Å². The number of thioether (sulfide) groups is 1. The average Bonchev–Trinajstić information content (AvgIpc) is 3.17. The first kappa shape index (κ1) is 16.7. The van der Waals surface area contributed by atoms with Crippen molar-refractivity contribution >= 4 is 29.1 Å². The number of thiophene rings is 1. The van der Waals surface area contributed by atoms with Gasteiger partial charge in [-0.25, -0.2) is 4.79 Å². The number of hydrogen-bond donors (Lipinski definition) is 0. The molecule has 0 spiro atoms. The second-order valence-electron chi connectivity index (χ2n) is 7.32. The van der Waals surface area contributed by atoms with Crippen LogP contribution in [0.25, 0.3) is 0 Å². The normalized spacial score (nSPS) is 36.5. The minimum atomic E-state index is -0.413. The summed E-state index contributed by atoms with van der Waals surface area (Å²) >= 11 is 3.87. The molecule has 3 nitrogen and oxygen atoms in total. The summed E-state index contributed by atoms with van der Waals surface area (Å²) < 4.78 is 5.87. The zero-order valence-electron chi connectivity index (χ0n) is 14.4. The van der Waals surface area contributed by atoms with Crippen molar-refractivity contribution < 1.29 is 9.53 Å². The molecule has 3 aliphatic rings. The second-order valence-corrected chi connectivity index (χ2v) is 9.58. The van der Waals surface area contributed by atoms with Gasteiger partial charge < -0.3 is 4.74 Å². The fourth-order valence-corrected chi connectivity index (χ4v) is 6.72. The molecule has 0 aliphatic carbocycles. The molecule has 2 saturated heterocycles. The van der Waals surface area contributed by atoms with E-state index < -0.39 is 5.60 Å². The maximum absolute atomic E-state index is 12.0. The monoisotopic (exact) mass is 363 g/mol. The van der Waals surface area contributed by atoms with E-state index in [-0.39, 0.29) is 5.97 Å². The Morgan fingerprint density at radius 2 is 2.33 bits per heavy atom. The number of hydrogen-bond acceptors (Lipinski definition) is 5. The summed E-state index contributed by atoms with van der Waals surface area (Å²) in [7, 11) is 0. The van der Waals surface area contributed by atoms with E-state index in [1.165, 1.54) is 23.3 Å². The predicted molar refractivity (Wildman–Crippen MR) is 100 cm³/mol. The molecule has 1 aromatic rings. The van der Waals surface area contributed by atoms with Crippen molar-refractivity contribution in [3.05, 3.63) is 34.0 Å². The SMILES string of the molecule is C[C@H]1C(SCc2cccs2)CC2=CC(=O)O[C@]2(C)[C@H]2CCCCN12. The molecule has 3 aliphatic heterocycles. The Bertz CT molecular complexity index is 642. The van der Waals surface area contributed by atoms with Crippen molar-refractivity contribution in [2.45, 2.75) is 68.2 Å². The number of ether oxygens (including phenoxy) is 1. The lowest BCUT2D eigenvalue weighted by Gasteiger charge is -2.45. The summed E-state index contributed by atoms with van der Waals surface area (Å²) in [5.41, 5.74) is 0.807. The highest BCUT2D eigenvalue weighted by Gasteiger charge is 2.52. The molecule has 5 heteroatoms. The highest BCUT2D eigenvalue weighted by atomic mass is 32.2. The molecule has 0 aromatic carbocycles. The second kappa shape index (κ2) is 6.50. The van der Waals surface area contributed by atoms with Crippen LogP contribution in [0.5, 0.6) is 0 Å². The van der Waals surface area contributed by atoms with Gasteiger partial charge in [0.05, 0.1) is 6.04 Å². The van der Waals surface area contributed by atoms with Gasteiger partial charge in [-0.1, -0.05) is 12.5 Å². The molecule has 1 unspecified atom stereocenters. The molecule has 4 atom stereocenters. The number of carbonyl (C=O) groups excluding carboxylic acids is 1. The Labute approximate surface area is 152 Å². The summed E-state index contributed by atoms with van der Waals surface area (Å²) in [6, 6.07) is 5.20. The Morgan fingerprint density at radius 1 is 1.46 bits per heavy atom. The maximum Gasteiger partial charge on any atom is 0.331 e. The molecule has 2 fully saturated rings. The first-order valence-electron chi connectivity index (χ1n) is 8.91. The van der Waals surface area contributed by atoms with Crippen LogP contribution in [0.4, 0.5) is 0 Å². The molecule has 0 amide bonds. The standard InChI is InChI=1S/C19H25NO2S2/c1-13-16(24-12-15-6-5-9-23-15)10-14-11-18(21)22-19(14,2)17-7-3-4-8-20(13)17/h5-6,9,11,13,16-17H,3-4,7-8,10,12H2,1-2H3/t13-,16?,17+,19-/m0/s1. The zero-order valence-corrected chi connectivity index (χ0v) is 16.0. The zero-order chi connectivity index (χ0) is 16.7. The van der Waals surface area contributed by atoms with Gasteiger partial charge in [-0.2, -0.15) is 11.8 Å². The third-order valence-corrected chi connectivity index (χ3v) is 8.45. The summed E-state index contributed by atoms with van der Waals surface area (Å²) in [4.78, 5) is 16.1. The van der Waals surface area contributed by atoms with E-state index in [2.05, 4.69) is 36.3 Å². The van der Waals surface area contributed by atoms with E-state index in [0.717, 1.165) is 25.1 Å². The van der Waals surface area contributed by atoms with Crippen LogP contribution in [0, 0.1) is 0 Å². The van der Waals surface area contributed by atoms with Crippen molar-refractivity contribution in [2.75, 3.05) is 6.54 Å². The molecule has 0 N–H and O–H groups in total. The molecule has 4 rings (SSSR count). The third kappa shape index (κ3) is 2.85. The van der Waals surface area contributed by atoms with Gasteiger partial charge in [0.2, 0.25) is 0 Å². The van der Waals surface area contributed by atoms with Gasteiger partial charge in [-0.15, -0.1) is 11.3 Å².